The average molecular weight is 205 g/mol. The van der Waals surface area contributed by atoms with Crippen molar-refractivity contribution in [2.45, 2.75) is 13.3 Å². The minimum atomic E-state index is 0.151. The molecule has 0 atom stereocenters. The van der Waals surface area contributed by atoms with Gasteiger partial charge in [-0.05, 0) is 0 Å². The van der Waals surface area contributed by atoms with Crippen LogP contribution >= 0.6 is 16.1 Å². The van der Waals surface area contributed by atoms with E-state index in [2.05, 4.69) is 16.1 Å². The van der Waals surface area contributed by atoms with Gasteiger partial charge in [-0.1, -0.05) is 6.92 Å². The topological polar surface area (TPSA) is 23.6 Å². The van der Waals surface area contributed by atoms with Crippen molar-refractivity contribution < 1.29 is 4.79 Å². The lowest BCUT2D eigenvalue weighted by Crippen LogP contribution is -2.25. The van der Waals surface area contributed by atoms with Crippen molar-refractivity contribution >= 4 is 22.1 Å². The molecule has 0 aromatic rings. The van der Waals surface area contributed by atoms with E-state index in [0.29, 0.717) is 13.1 Å². The van der Waals surface area contributed by atoms with E-state index in [1.807, 2.05) is 13.1 Å². The third kappa shape index (κ3) is 1.50. The van der Waals surface area contributed by atoms with Crippen LogP contribution in [0.5, 0.6) is 0 Å². The first-order chi connectivity index (χ1) is 4.74. The highest BCUT2D eigenvalue weighted by Crippen LogP contribution is 2.11. The summed E-state index contributed by atoms with van der Waals surface area (Å²) < 4.78 is 1.78. The van der Waals surface area contributed by atoms with E-state index < -0.39 is 0 Å². The minimum absolute atomic E-state index is 0.151. The summed E-state index contributed by atoms with van der Waals surface area (Å²) in [5.74, 6) is 0.151. The van der Waals surface area contributed by atoms with E-state index in [1.54, 1.807) is 15.0 Å². The Bertz CT molecular complexity index is 169. The molecule has 0 aromatic carbocycles. The van der Waals surface area contributed by atoms with Crippen molar-refractivity contribution in [3.8, 4) is 0 Å². The normalized spacial score (nSPS) is 16.6. The fourth-order valence-electron chi connectivity index (χ4n) is 0.758. The Hall–Kier alpha value is -0.510. The van der Waals surface area contributed by atoms with Crippen molar-refractivity contribution in [1.29, 1.82) is 0 Å². The maximum atomic E-state index is 11.0. The third-order valence-corrected chi connectivity index (χ3v) is 1.78. The van der Waals surface area contributed by atoms with Gasteiger partial charge in [-0.3, -0.25) is 13.6 Å². The zero-order valence-electron chi connectivity index (χ0n) is 5.75. The highest BCUT2D eigenvalue weighted by Gasteiger charge is 2.14. The minimum Gasteiger partial charge on any atom is -0.299 e. The summed E-state index contributed by atoms with van der Waals surface area (Å²) in [6.07, 6.45) is 4.14. The van der Waals surface area contributed by atoms with Crippen molar-refractivity contribution in [2.24, 2.45) is 0 Å². The van der Waals surface area contributed by atoms with Gasteiger partial charge in [0.2, 0.25) is 5.91 Å². The molecule has 0 unspecified atom stereocenters. The van der Waals surface area contributed by atoms with E-state index in [1.165, 1.54) is 0 Å². The molecule has 3 nitrogen and oxygen atoms in total. The largest absolute Gasteiger partial charge is 0.299 e. The Morgan fingerprint density at radius 3 is 2.80 bits per heavy atom. The van der Waals surface area contributed by atoms with E-state index in [4.69, 9.17) is 0 Å². The molecule has 0 N–H and O–H groups in total. The Morgan fingerprint density at radius 1 is 1.70 bits per heavy atom. The first kappa shape index (κ1) is 7.60. The molecule has 1 amide bonds. The van der Waals surface area contributed by atoms with Crippen LogP contribution in [0.4, 0.5) is 0 Å². The van der Waals surface area contributed by atoms with Crippen LogP contribution in [0.1, 0.15) is 13.3 Å². The third-order valence-electron chi connectivity index (χ3n) is 1.32. The molecule has 1 aliphatic heterocycles. The van der Waals surface area contributed by atoms with Crippen molar-refractivity contribution in [1.82, 2.24) is 8.83 Å². The molecule has 0 saturated carbocycles. The summed E-state index contributed by atoms with van der Waals surface area (Å²) >= 11 is 3.23. The summed E-state index contributed by atoms with van der Waals surface area (Å²) in [5.41, 5.74) is 0. The number of hydrogen-bond donors (Lipinski definition) is 0. The van der Waals surface area contributed by atoms with Gasteiger partial charge < -0.3 is 0 Å². The fourth-order valence-corrected chi connectivity index (χ4v) is 1.11. The molecule has 0 aromatic heterocycles. The molecule has 0 radical (unpaired) electrons. The zero-order chi connectivity index (χ0) is 7.56. The van der Waals surface area contributed by atoms with Gasteiger partial charge in [-0.25, -0.2) is 0 Å². The standard InChI is InChI=1S/C6H9BrN2O/c1-2-6(10)8-3-4-9(7)5-8/h3-4H,2,5H2,1H3. The van der Waals surface area contributed by atoms with E-state index in [0.717, 1.165) is 0 Å². The van der Waals surface area contributed by atoms with Gasteiger partial charge in [0.05, 0.1) is 16.1 Å². The molecule has 4 heteroatoms. The lowest BCUT2D eigenvalue weighted by Gasteiger charge is -2.13. The predicted octanol–water partition coefficient (Wildman–Crippen LogP) is 1.28. The number of halogens is 1. The van der Waals surface area contributed by atoms with E-state index in [-0.39, 0.29) is 5.91 Å². The quantitative estimate of drug-likeness (QED) is 0.602. The lowest BCUT2D eigenvalue weighted by atomic mass is 10.4. The van der Waals surface area contributed by atoms with Gasteiger partial charge in [0.15, 0.2) is 0 Å². The van der Waals surface area contributed by atoms with Crippen LogP contribution in [0.15, 0.2) is 12.4 Å². The predicted molar refractivity (Wildman–Crippen MR) is 41.9 cm³/mol. The second-order valence-corrected chi connectivity index (χ2v) is 2.97. The molecule has 1 aliphatic rings. The second kappa shape index (κ2) is 3.05. The van der Waals surface area contributed by atoms with Crippen LogP contribution in [0.2, 0.25) is 0 Å². The molecular weight excluding hydrogens is 196 g/mol. The first-order valence-electron chi connectivity index (χ1n) is 3.14. The molecule has 1 rings (SSSR count). The number of rotatable bonds is 1. The summed E-state index contributed by atoms with van der Waals surface area (Å²) in [6.45, 7) is 2.47. The van der Waals surface area contributed by atoms with Crippen LogP contribution in [0.3, 0.4) is 0 Å². The van der Waals surface area contributed by atoms with Crippen LogP contribution in [0, 0.1) is 0 Å². The highest BCUT2D eigenvalue weighted by molar-refractivity contribution is 9.07. The Labute approximate surface area is 68.6 Å². The smallest absolute Gasteiger partial charge is 0.227 e. The maximum absolute atomic E-state index is 11.0. The van der Waals surface area contributed by atoms with Crippen LogP contribution < -0.4 is 0 Å². The first-order valence-corrected chi connectivity index (χ1v) is 3.85. The molecular formula is C6H9BrN2O. The molecule has 0 fully saturated rings. The van der Waals surface area contributed by atoms with E-state index in [9.17, 15) is 4.79 Å². The lowest BCUT2D eigenvalue weighted by molar-refractivity contribution is -0.128. The van der Waals surface area contributed by atoms with E-state index >= 15 is 0 Å². The average Bonchev–Trinajstić information content (AvgIpc) is 2.34. The second-order valence-electron chi connectivity index (χ2n) is 2.06. The molecule has 1 heterocycles. The summed E-state index contributed by atoms with van der Waals surface area (Å²) in [7, 11) is 0. The van der Waals surface area contributed by atoms with Gasteiger partial charge in [0.25, 0.3) is 0 Å². The Morgan fingerprint density at radius 2 is 2.40 bits per heavy atom. The SMILES string of the molecule is CCC(=O)N1C=CN(Br)C1. The fraction of sp³-hybridized carbons (Fsp3) is 0.500. The maximum Gasteiger partial charge on any atom is 0.227 e. The van der Waals surface area contributed by atoms with Crippen molar-refractivity contribution in [3.05, 3.63) is 12.4 Å². The van der Waals surface area contributed by atoms with Crippen molar-refractivity contribution in [2.75, 3.05) is 6.67 Å². The molecule has 56 valence electrons. The molecule has 0 aliphatic carbocycles. The van der Waals surface area contributed by atoms with Gasteiger partial charge in [-0.15, -0.1) is 0 Å². The highest BCUT2D eigenvalue weighted by atomic mass is 79.9. The number of hydrogen-bond acceptors (Lipinski definition) is 2. The van der Waals surface area contributed by atoms with Gasteiger partial charge in [0, 0.05) is 18.8 Å². The number of carbonyl (C=O) groups excluding carboxylic acids is 1. The zero-order valence-corrected chi connectivity index (χ0v) is 7.34. The molecule has 10 heavy (non-hydrogen) atoms. The van der Waals surface area contributed by atoms with Crippen molar-refractivity contribution in [3.63, 3.8) is 0 Å². The molecule has 0 spiro atoms. The Balaban J connectivity index is 2.46. The Kier molecular flexibility index (Phi) is 2.32. The monoisotopic (exact) mass is 204 g/mol. The van der Waals surface area contributed by atoms with Gasteiger partial charge >= 0.3 is 0 Å². The molecule has 0 saturated heterocycles. The summed E-state index contributed by atoms with van der Waals surface area (Å²) in [6, 6.07) is 0. The van der Waals surface area contributed by atoms with Gasteiger partial charge in [0.1, 0.15) is 6.67 Å². The van der Waals surface area contributed by atoms with Crippen LogP contribution in [0.25, 0.3) is 0 Å². The summed E-state index contributed by atoms with van der Waals surface area (Å²) in [4.78, 5) is 12.6. The molecule has 0 bridgehead atoms. The number of nitrogens with zero attached hydrogens (tertiary/aromatic N) is 2. The van der Waals surface area contributed by atoms with Gasteiger partial charge in [-0.2, -0.15) is 0 Å². The number of amides is 1. The number of carbonyl (C=O) groups is 1. The van der Waals surface area contributed by atoms with Crippen LogP contribution in [-0.2, 0) is 4.79 Å². The van der Waals surface area contributed by atoms with Crippen LogP contribution in [-0.4, -0.2) is 21.4 Å². The summed E-state index contributed by atoms with van der Waals surface area (Å²) in [5, 5.41) is 0.